The molecule has 0 aliphatic heterocycles. The Morgan fingerprint density at radius 3 is 2.39 bits per heavy atom. The molecule has 5 rings (SSSR count). The van der Waals surface area contributed by atoms with E-state index in [1.165, 1.54) is 11.1 Å². The van der Waals surface area contributed by atoms with Crippen LogP contribution in [-0.4, -0.2) is 20.4 Å². The van der Waals surface area contributed by atoms with E-state index in [0.717, 1.165) is 28.7 Å². The number of nitrogens with zero attached hydrogens (tertiary/aromatic N) is 3. The zero-order chi connectivity index (χ0) is 22.9. The predicted octanol–water partition coefficient (Wildman–Crippen LogP) is 4.96. The molecule has 0 unspecified atom stereocenters. The standard InChI is InChI=1S/C27H25N5O/c1-3-18-7-6-8-20(15-18)32-25(28)23(27(33)29-16-19-13-11-17(2)12-14-19)24-26(32)31-22-10-5-4-9-21(22)30-24/h4-15H,3,16,28H2,1-2H3,(H,29,33). The summed E-state index contributed by atoms with van der Waals surface area (Å²) in [5.41, 5.74) is 13.7. The number of aryl methyl sites for hydroxylation is 2. The second kappa shape index (κ2) is 8.39. The zero-order valence-electron chi connectivity index (χ0n) is 18.7. The fourth-order valence-corrected chi connectivity index (χ4v) is 4.04. The molecule has 0 aliphatic rings. The molecule has 5 aromatic rings. The van der Waals surface area contributed by atoms with Crippen LogP contribution in [0.15, 0.2) is 72.8 Å². The van der Waals surface area contributed by atoms with E-state index < -0.39 is 0 Å². The Morgan fingerprint density at radius 1 is 0.939 bits per heavy atom. The number of anilines is 1. The molecule has 164 valence electrons. The SMILES string of the molecule is CCc1cccc(-n2c(N)c(C(=O)NCc3ccc(C)cc3)c3nc4ccccc4nc32)c1. The summed E-state index contributed by atoms with van der Waals surface area (Å²) in [5.74, 6) is 0.0583. The Bertz CT molecular complexity index is 1480. The van der Waals surface area contributed by atoms with Gasteiger partial charge in [-0.25, -0.2) is 9.97 Å². The molecule has 6 nitrogen and oxygen atoms in total. The molecule has 33 heavy (non-hydrogen) atoms. The van der Waals surface area contributed by atoms with Crippen molar-refractivity contribution >= 4 is 33.9 Å². The van der Waals surface area contributed by atoms with Crippen molar-refractivity contribution in [1.29, 1.82) is 0 Å². The number of hydrogen-bond donors (Lipinski definition) is 2. The lowest BCUT2D eigenvalue weighted by Gasteiger charge is -2.10. The summed E-state index contributed by atoms with van der Waals surface area (Å²) >= 11 is 0. The monoisotopic (exact) mass is 435 g/mol. The van der Waals surface area contributed by atoms with Crippen LogP contribution in [0.2, 0.25) is 0 Å². The van der Waals surface area contributed by atoms with Gasteiger partial charge in [-0.3, -0.25) is 9.36 Å². The molecule has 2 heterocycles. The molecule has 0 saturated heterocycles. The molecule has 3 N–H and O–H groups in total. The first-order chi connectivity index (χ1) is 16.0. The quantitative estimate of drug-likeness (QED) is 0.409. The Kier molecular flexibility index (Phi) is 5.26. The lowest BCUT2D eigenvalue weighted by Crippen LogP contribution is -2.24. The molecular weight excluding hydrogens is 410 g/mol. The maximum absolute atomic E-state index is 13.4. The summed E-state index contributed by atoms with van der Waals surface area (Å²) in [6.45, 7) is 4.54. The normalized spacial score (nSPS) is 11.2. The van der Waals surface area contributed by atoms with Crippen LogP contribution >= 0.6 is 0 Å². The molecule has 0 atom stereocenters. The Morgan fingerprint density at radius 2 is 1.67 bits per heavy atom. The van der Waals surface area contributed by atoms with Crippen LogP contribution in [0.3, 0.4) is 0 Å². The zero-order valence-corrected chi connectivity index (χ0v) is 18.7. The molecular formula is C27H25N5O. The highest BCUT2D eigenvalue weighted by Gasteiger charge is 2.24. The van der Waals surface area contributed by atoms with E-state index in [1.807, 2.05) is 72.2 Å². The number of carbonyl (C=O) groups excluding carboxylic acids is 1. The second-order valence-electron chi connectivity index (χ2n) is 8.17. The van der Waals surface area contributed by atoms with Gasteiger partial charge in [0.2, 0.25) is 0 Å². The molecule has 2 aromatic heterocycles. The van der Waals surface area contributed by atoms with E-state index in [4.69, 9.17) is 15.7 Å². The van der Waals surface area contributed by atoms with Crippen LogP contribution in [0.5, 0.6) is 0 Å². The Balaban J connectivity index is 1.65. The van der Waals surface area contributed by atoms with Gasteiger partial charge in [-0.1, -0.05) is 61.0 Å². The third kappa shape index (κ3) is 3.80. The van der Waals surface area contributed by atoms with Crippen LogP contribution in [0, 0.1) is 6.92 Å². The smallest absolute Gasteiger partial charge is 0.257 e. The number of fused-ring (bicyclic) bond motifs is 2. The van der Waals surface area contributed by atoms with Gasteiger partial charge < -0.3 is 11.1 Å². The van der Waals surface area contributed by atoms with Crippen molar-refractivity contribution in [1.82, 2.24) is 19.9 Å². The first kappa shape index (κ1) is 20.7. The number of rotatable bonds is 5. The highest BCUT2D eigenvalue weighted by molar-refractivity contribution is 6.11. The van der Waals surface area contributed by atoms with Crippen LogP contribution in [0.25, 0.3) is 27.9 Å². The molecule has 6 heteroatoms. The maximum Gasteiger partial charge on any atom is 0.257 e. The van der Waals surface area contributed by atoms with E-state index in [1.54, 1.807) is 0 Å². The number of nitrogens with two attached hydrogens (primary N) is 1. The largest absolute Gasteiger partial charge is 0.384 e. The third-order valence-electron chi connectivity index (χ3n) is 5.88. The summed E-state index contributed by atoms with van der Waals surface area (Å²) in [6.07, 6.45) is 0.894. The number of hydrogen-bond acceptors (Lipinski definition) is 4. The number of nitrogen functional groups attached to an aromatic ring is 1. The van der Waals surface area contributed by atoms with E-state index in [-0.39, 0.29) is 5.91 Å². The van der Waals surface area contributed by atoms with Gasteiger partial charge in [0.05, 0.1) is 11.0 Å². The van der Waals surface area contributed by atoms with E-state index in [2.05, 4.69) is 24.4 Å². The molecule has 0 fully saturated rings. The molecule has 0 bridgehead atoms. The van der Waals surface area contributed by atoms with Gasteiger partial charge >= 0.3 is 0 Å². The number of aromatic nitrogens is 3. The number of amides is 1. The molecule has 0 spiro atoms. The highest BCUT2D eigenvalue weighted by atomic mass is 16.1. The Labute approximate surface area is 192 Å². The van der Waals surface area contributed by atoms with Crippen molar-refractivity contribution < 1.29 is 4.79 Å². The van der Waals surface area contributed by atoms with Crippen molar-refractivity contribution in [3.8, 4) is 5.69 Å². The Hall–Kier alpha value is -4.19. The fraction of sp³-hybridized carbons (Fsp3) is 0.148. The number of para-hydroxylation sites is 2. The maximum atomic E-state index is 13.4. The van der Waals surface area contributed by atoms with Gasteiger partial charge in [-0.2, -0.15) is 0 Å². The van der Waals surface area contributed by atoms with Gasteiger partial charge in [0, 0.05) is 12.2 Å². The topological polar surface area (TPSA) is 85.8 Å². The summed E-state index contributed by atoms with van der Waals surface area (Å²) in [5, 5.41) is 3.00. The fourth-order valence-electron chi connectivity index (χ4n) is 4.04. The minimum atomic E-state index is -0.270. The van der Waals surface area contributed by atoms with Crippen molar-refractivity contribution in [3.05, 3.63) is 95.1 Å². The molecule has 0 radical (unpaired) electrons. The first-order valence-electron chi connectivity index (χ1n) is 11.0. The number of nitrogens with one attached hydrogen (secondary N) is 1. The van der Waals surface area contributed by atoms with Gasteiger partial charge in [0.25, 0.3) is 5.91 Å². The average Bonchev–Trinajstić information content (AvgIpc) is 3.12. The number of benzene rings is 3. The lowest BCUT2D eigenvalue weighted by atomic mass is 10.1. The van der Waals surface area contributed by atoms with Crippen molar-refractivity contribution in [2.45, 2.75) is 26.8 Å². The first-order valence-corrected chi connectivity index (χ1v) is 11.0. The summed E-state index contributed by atoms with van der Waals surface area (Å²) in [7, 11) is 0. The van der Waals surface area contributed by atoms with E-state index in [9.17, 15) is 4.79 Å². The van der Waals surface area contributed by atoms with Crippen LogP contribution in [0.4, 0.5) is 5.82 Å². The van der Waals surface area contributed by atoms with E-state index >= 15 is 0 Å². The van der Waals surface area contributed by atoms with Crippen molar-refractivity contribution in [2.75, 3.05) is 5.73 Å². The number of carbonyl (C=O) groups is 1. The minimum absolute atomic E-state index is 0.270. The van der Waals surface area contributed by atoms with Crippen LogP contribution in [-0.2, 0) is 13.0 Å². The van der Waals surface area contributed by atoms with Gasteiger partial charge in [-0.15, -0.1) is 0 Å². The molecule has 0 saturated carbocycles. The van der Waals surface area contributed by atoms with Gasteiger partial charge in [0.1, 0.15) is 16.9 Å². The summed E-state index contributed by atoms with van der Waals surface area (Å²) < 4.78 is 1.83. The van der Waals surface area contributed by atoms with Gasteiger partial charge in [-0.05, 0) is 48.7 Å². The van der Waals surface area contributed by atoms with Crippen LogP contribution < -0.4 is 11.1 Å². The van der Waals surface area contributed by atoms with Crippen molar-refractivity contribution in [2.24, 2.45) is 0 Å². The lowest BCUT2D eigenvalue weighted by molar-refractivity contribution is 0.0953. The average molecular weight is 436 g/mol. The summed E-state index contributed by atoms with van der Waals surface area (Å²) in [4.78, 5) is 23.0. The van der Waals surface area contributed by atoms with Gasteiger partial charge in [0.15, 0.2) is 5.65 Å². The minimum Gasteiger partial charge on any atom is -0.384 e. The van der Waals surface area contributed by atoms with Crippen molar-refractivity contribution in [3.63, 3.8) is 0 Å². The molecule has 1 amide bonds. The van der Waals surface area contributed by atoms with E-state index in [0.29, 0.717) is 29.1 Å². The predicted molar refractivity (Wildman–Crippen MR) is 133 cm³/mol. The molecule has 3 aromatic carbocycles. The van der Waals surface area contributed by atoms with Crippen LogP contribution in [0.1, 0.15) is 34.0 Å². The second-order valence-corrected chi connectivity index (χ2v) is 8.17. The molecule has 0 aliphatic carbocycles. The highest BCUT2D eigenvalue weighted by Crippen LogP contribution is 2.31. The summed E-state index contributed by atoms with van der Waals surface area (Å²) in [6, 6.07) is 23.8. The third-order valence-corrected chi connectivity index (χ3v) is 5.88.